The van der Waals surface area contributed by atoms with Crippen molar-refractivity contribution >= 4 is 22.4 Å². The molecule has 8 heteroatoms. The van der Waals surface area contributed by atoms with Gasteiger partial charge in [0.1, 0.15) is 0 Å². The number of fused-ring (bicyclic) bond motifs is 2. The normalized spacial score (nSPS) is 12.9. The smallest absolute Gasteiger partial charge is 0.272 e. The molecule has 8 nitrogen and oxygen atoms in total. The van der Waals surface area contributed by atoms with Gasteiger partial charge in [0.15, 0.2) is 11.5 Å². The first-order chi connectivity index (χ1) is 15.0. The Labute approximate surface area is 177 Å². The van der Waals surface area contributed by atoms with E-state index in [0.717, 1.165) is 33.5 Å². The molecule has 31 heavy (non-hydrogen) atoms. The molecular weight excluding hydrogens is 394 g/mol. The zero-order chi connectivity index (χ0) is 21.5. The summed E-state index contributed by atoms with van der Waals surface area (Å²) in [7, 11) is 1.82. The van der Waals surface area contributed by atoms with Crippen molar-refractivity contribution in [3.8, 4) is 28.7 Å². The van der Waals surface area contributed by atoms with Crippen LogP contribution in [-0.4, -0.2) is 26.8 Å². The number of rotatable bonds is 3. The molecule has 2 aromatic heterocycles. The maximum Gasteiger partial charge on any atom is 0.272 e. The minimum Gasteiger partial charge on any atom is -0.454 e. The van der Waals surface area contributed by atoms with E-state index in [2.05, 4.69) is 21.4 Å². The summed E-state index contributed by atoms with van der Waals surface area (Å²) < 4.78 is 12.5. The van der Waals surface area contributed by atoms with Crippen molar-refractivity contribution in [2.45, 2.75) is 6.92 Å². The molecule has 0 saturated carbocycles. The topological polar surface area (TPSA) is 106 Å². The van der Waals surface area contributed by atoms with Crippen LogP contribution in [0.3, 0.4) is 0 Å². The van der Waals surface area contributed by atoms with E-state index < -0.39 is 0 Å². The lowest BCUT2D eigenvalue weighted by atomic mass is 9.99. The summed E-state index contributed by atoms with van der Waals surface area (Å²) in [5.74, 6) is 1.28. The maximum atomic E-state index is 12.1. The second-order valence-electron chi connectivity index (χ2n) is 7.20. The number of nitriles is 1. The van der Waals surface area contributed by atoms with Crippen molar-refractivity contribution in [1.29, 1.82) is 5.26 Å². The van der Waals surface area contributed by atoms with Gasteiger partial charge in [-0.05, 0) is 54.5 Å². The number of nitrogens with zero attached hydrogens (tertiary/aromatic N) is 4. The summed E-state index contributed by atoms with van der Waals surface area (Å²) in [6.45, 7) is 2.02. The summed E-state index contributed by atoms with van der Waals surface area (Å²) in [6.07, 6.45) is 3.55. The van der Waals surface area contributed by atoms with Crippen molar-refractivity contribution in [2.75, 3.05) is 6.79 Å². The van der Waals surface area contributed by atoms with Crippen molar-refractivity contribution in [2.24, 2.45) is 7.05 Å². The van der Waals surface area contributed by atoms with Crippen LogP contribution in [0.1, 0.15) is 17.0 Å². The summed E-state index contributed by atoms with van der Waals surface area (Å²) in [5.41, 5.74) is 4.19. The summed E-state index contributed by atoms with van der Waals surface area (Å²) in [4.78, 5) is 12.1. The highest BCUT2D eigenvalue weighted by Crippen LogP contribution is 2.35. The lowest BCUT2D eigenvalue weighted by molar-refractivity contribution is 0.174. The van der Waals surface area contributed by atoms with Crippen LogP contribution in [0.25, 0.3) is 33.5 Å². The van der Waals surface area contributed by atoms with E-state index in [-0.39, 0.29) is 12.4 Å². The maximum absolute atomic E-state index is 12.1. The molecule has 0 spiro atoms. The molecule has 1 N–H and O–H groups in total. The van der Waals surface area contributed by atoms with Crippen LogP contribution in [0.4, 0.5) is 0 Å². The monoisotopic (exact) mass is 411 g/mol. The summed E-state index contributed by atoms with van der Waals surface area (Å²) in [6, 6.07) is 13.3. The van der Waals surface area contributed by atoms with Gasteiger partial charge in [-0.3, -0.25) is 9.48 Å². The van der Waals surface area contributed by atoms with Gasteiger partial charge in [-0.25, -0.2) is 5.10 Å². The molecule has 0 unspecified atom stereocenters. The fourth-order valence-corrected chi connectivity index (χ4v) is 3.69. The highest BCUT2D eigenvalue weighted by molar-refractivity contribution is 5.94. The molecule has 3 heterocycles. The van der Waals surface area contributed by atoms with Crippen LogP contribution >= 0.6 is 0 Å². The lowest BCUT2D eigenvalue weighted by Crippen LogP contribution is -2.09. The number of aromatic nitrogens is 4. The molecule has 0 aliphatic carbocycles. The summed E-state index contributed by atoms with van der Waals surface area (Å²) in [5, 5.41) is 22.1. The van der Waals surface area contributed by atoms with Crippen molar-refractivity contribution in [3.63, 3.8) is 0 Å². The molecule has 0 bridgehead atoms. The standard InChI is InChI=1S/C23H17N5O3/c1-13-18-7-15(3-5-17(18)23(29)27-26-13)19-11-25-28(2)20(19)8-16(10-24)14-4-6-21-22(9-14)31-12-30-21/h3-9,11H,12H2,1-2H3,(H,27,29). The summed E-state index contributed by atoms with van der Waals surface area (Å²) >= 11 is 0. The van der Waals surface area contributed by atoms with Crippen molar-refractivity contribution in [1.82, 2.24) is 20.0 Å². The fourth-order valence-electron chi connectivity index (χ4n) is 3.69. The Morgan fingerprint density at radius 3 is 2.87 bits per heavy atom. The fraction of sp³-hybridized carbons (Fsp3) is 0.130. The Bertz CT molecular complexity index is 1470. The van der Waals surface area contributed by atoms with E-state index in [0.29, 0.717) is 22.5 Å². The number of benzene rings is 2. The number of hydrogen-bond acceptors (Lipinski definition) is 6. The van der Waals surface area contributed by atoms with Gasteiger partial charge < -0.3 is 9.47 Å². The lowest BCUT2D eigenvalue weighted by Gasteiger charge is -2.07. The number of H-pyrrole nitrogens is 1. The van der Waals surface area contributed by atoms with Crippen molar-refractivity contribution in [3.05, 3.63) is 69.9 Å². The quantitative estimate of drug-likeness (QED) is 0.518. The molecule has 0 saturated heterocycles. The van der Waals surface area contributed by atoms with Crippen LogP contribution in [0.15, 0.2) is 47.4 Å². The van der Waals surface area contributed by atoms with Crippen LogP contribution < -0.4 is 15.0 Å². The highest BCUT2D eigenvalue weighted by atomic mass is 16.7. The van der Waals surface area contributed by atoms with E-state index in [1.165, 1.54) is 0 Å². The van der Waals surface area contributed by atoms with Gasteiger partial charge in [-0.1, -0.05) is 6.07 Å². The van der Waals surface area contributed by atoms with Gasteiger partial charge in [0.05, 0.1) is 34.6 Å². The first-order valence-corrected chi connectivity index (χ1v) is 9.58. The zero-order valence-electron chi connectivity index (χ0n) is 16.8. The third kappa shape index (κ3) is 3.13. The predicted octanol–water partition coefficient (Wildman–Crippen LogP) is 3.42. The van der Waals surface area contributed by atoms with Crippen LogP contribution in [0.5, 0.6) is 11.5 Å². The molecule has 2 aromatic carbocycles. The average Bonchev–Trinajstić information content (AvgIpc) is 3.40. The Kier molecular flexibility index (Phi) is 4.30. The molecular formula is C23H17N5O3. The molecule has 5 rings (SSSR count). The van der Waals surface area contributed by atoms with Gasteiger partial charge in [-0.15, -0.1) is 0 Å². The van der Waals surface area contributed by atoms with Gasteiger partial charge in [-0.2, -0.15) is 15.5 Å². The molecule has 1 aliphatic heterocycles. The van der Waals surface area contributed by atoms with E-state index in [1.54, 1.807) is 35.2 Å². The largest absolute Gasteiger partial charge is 0.454 e. The second kappa shape index (κ2) is 7.15. The van der Waals surface area contributed by atoms with E-state index in [9.17, 15) is 10.1 Å². The number of ether oxygens (including phenoxy) is 2. The van der Waals surface area contributed by atoms with Crippen LogP contribution in [0.2, 0.25) is 0 Å². The van der Waals surface area contributed by atoms with Crippen molar-refractivity contribution < 1.29 is 9.47 Å². The molecule has 0 radical (unpaired) electrons. The Balaban J connectivity index is 1.63. The van der Waals surface area contributed by atoms with Gasteiger partial charge >= 0.3 is 0 Å². The van der Waals surface area contributed by atoms with E-state index in [1.807, 2.05) is 32.2 Å². The number of aromatic amines is 1. The van der Waals surface area contributed by atoms with E-state index in [4.69, 9.17) is 9.47 Å². The van der Waals surface area contributed by atoms with E-state index >= 15 is 0 Å². The van der Waals surface area contributed by atoms with Gasteiger partial charge in [0.25, 0.3) is 5.56 Å². The Hall–Kier alpha value is -4.38. The second-order valence-corrected chi connectivity index (χ2v) is 7.20. The SMILES string of the molecule is Cc1n[nH]c(=O)c2ccc(-c3cnn(C)c3C=C(C#N)c3ccc4c(c3)OCO4)cc12. The number of aryl methyl sites for hydroxylation is 2. The third-order valence-electron chi connectivity index (χ3n) is 5.36. The molecule has 0 atom stereocenters. The average molecular weight is 411 g/mol. The molecule has 4 aromatic rings. The first-order valence-electron chi connectivity index (χ1n) is 9.58. The number of allylic oxidation sites excluding steroid dienone is 1. The minimum absolute atomic E-state index is 0.176. The predicted molar refractivity (Wildman–Crippen MR) is 115 cm³/mol. The third-order valence-corrected chi connectivity index (χ3v) is 5.36. The molecule has 0 amide bonds. The zero-order valence-corrected chi connectivity index (χ0v) is 16.8. The molecule has 1 aliphatic rings. The Morgan fingerprint density at radius 2 is 2.03 bits per heavy atom. The highest BCUT2D eigenvalue weighted by Gasteiger charge is 2.17. The Morgan fingerprint density at radius 1 is 1.19 bits per heavy atom. The first kappa shape index (κ1) is 18.6. The minimum atomic E-state index is -0.229. The van der Waals surface area contributed by atoms with Crippen LogP contribution in [0, 0.1) is 18.3 Å². The molecule has 0 fully saturated rings. The number of hydrogen-bond donors (Lipinski definition) is 1. The number of nitrogens with one attached hydrogen (secondary N) is 1. The van der Waals surface area contributed by atoms with Gasteiger partial charge in [0.2, 0.25) is 6.79 Å². The van der Waals surface area contributed by atoms with Gasteiger partial charge in [0, 0.05) is 18.0 Å². The molecule has 152 valence electrons. The van der Waals surface area contributed by atoms with Crippen LogP contribution in [-0.2, 0) is 7.05 Å².